The Bertz CT molecular complexity index is 539. The third-order valence-corrected chi connectivity index (χ3v) is 4.43. The number of hydrogen-bond acceptors (Lipinski definition) is 4. The molecule has 1 saturated heterocycles. The number of anilines is 1. The summed E-state index contributed by atoms with van der Waals surface area (Å²) < 4.78 is 5.33. The number of benzene rings is 1. The molecule has 0 radical (unpaired) electrons. The zero-order valence-corrected chi connectivity index (χ0v) is 14.4. The maximum Gasteiger partial charge on any atom is 0.257 e. The lowest BCUT2D eigenvalue weighted by molar-refractivity contribution is -0.122. The lowest BCUT2D eigenvalue weighted by Gasteiger charge is -2.28. The molecule has 1 heterocycles. The van der Waals surface area contributed by atoms with E-state index in [1.54, 1.807) is 31.3 Å². The van der Waals surface area contributed by atoms with Crippen molar-refractivity contribution in [1.82, 2.24) is 10.6 Å². The van der Waals surface area contributed by atoms with Crippen molar-refractivity contribution in [3.05, 3.63) is 24.3 Å². The Kier molecular flexibility index (Phi) is 7.06. The van der Waals surface area contributed by atoms with Gasteiger partial charge in [-0.15, -0.1) is 0 Å². The molecule has 2 atom stereocenters. The molecular formula is C18H27N3O3. The largest absolute Gasteiger partial charge is 0.484 e. The van der Waals surface area contributed by atoms with Crippen molar-refractivity contribution in [2.24, 2.45) is 11.8 Å². The van der Waals surface area contributed by atoms with Crippen LogP contribution in [0.3, 0.4) is 0 Å². The number of nitrogens with one attached hydrogen (secondary N) is 3. The van der Waals surface area contributed by atoms with Gasteiger partial charge in [0.15, 0.2) is 6.61 Å². The van der Waals surface area contributed by atoms with Gasteiger partial charge in [0, 0.05) is 19.2 Å². The summed E-state index contributed by atoms with van der Waals surface area (Å²) in [6.07, 6.45) is 2.91. The van der Waals surface area contributed by atoms with E-state index >= 15 is 0 Å². The fourth-order valence-electron chi connectivity index (χ4n) is 2.89. The lowest BCUT2D eigenvalue weighted by Crippen LogP contribution is -2.34. The van der Waals surface area contributed by atoms with Crippen LogP contribution >= 0.6 is 0 Å². The Morgan fingerprint density at radius 3 is 2.67 bits per heavy atom. The minimum Gasteiger partial charge on any atom is -0.484 e. The monoisotopic (exact) mass is 333 g/mol. The summed E-state index contributed by atoms with van der Waals surface area (Å²) in [5, 5.41) is 8.81. The van der Waals surface area contributed by atoms with E-state index in [0.717, 1.165) is 18.8 Å². The number of ether oxygens (including phenoxy) is 1. The van der Waals surface area contributed by atoms with E-state index in [4.69, 9.17) is 4.74 Å². The summed E-state index contributed by atoms with van der Waals surface area (Å²) in [6.45, 7) is 4.22. The Morgan fingerprint density at radius 2 is 2.04 bits per heavy atom. The molecule has 132 valence electrons. The highest BCUT2D eigenvalue weighted by Gasteiger charge is 2.22. The summed E-state index contributed by atoms with van der Waals surface area (Å²) in [6, 6.07) is 7.05. The van der Waals surface area contributed by atoms with Gasteiger partial charge in [0.05, 0.1) is 0 Å². The molecule has 0 aliphatic carbocycles. The van der Waals surface area contributed by atoms with E-state index in [1.807, 2.05) is 0 Å². The molecule has 2 amide bonds. The Morgan fingerprint density at radius 1 is 1.29 bits per heavy atom. The second kappa shape index (κ2) is 9.27. The van der Waals surface area contributed by atoms with Crippen molar-refractivity contribution in [3.63, 3.8) is 0 Å². The molecule has 1 aromatic rings. The minimum absolute atomic E-state index is 0.0187. The van der Waals surface area contributed by atoms with Crippen LogP contribution in [0, 0.1) is 11.8 Å². The van der Waals surface area contributed by atoms with E-state index in [2.05, 4.69) is 22.9 Å². The van der Waals surface area contributed by atoms with Crippen LogP contribution in [0.2, 0.25) is 0 Å². The molecule has 24 heavy (non-hydrogen) atoms. The normalized spacial score (nSPS) is 18.5. The fourth-order valence-corrected chi connectivity index (χ4v) is 2.89. The molecule has 0 saturated carbocycles. The second-order valence-electron chi connectivity index (χ2n) is 6.32. The molecule has 0 aromatic heterocycles. The number of carbonyl (C=O) groups excluding carboxylic acids is 2. The summed E-state index contributed by atoms with van der Waals surface area (Å²) in [5.74, 6) is 1.39. The van der Waals surface area contributed by atoms with Crippen molar-refractivity contribution < 1.29 is 14.3 Å². The number of rotatable bonds is 7. The molecular weight excluding hydrogens is 306 g/mol. The van der Waals surface area contributed by atoms with Crippen LogP contribution in [0.4, 0.5) is 5.69 Å². The molecule has 0 spiro atoms. The molecule has 3 N–H and O–H groups in total. The summed E-state index contributed by atoms with van der Waals surface area (Å²) >= 11 is 0. The van der Waals surface area contributed by atoms with E-state index in [-0.39, 0.29) is 18.4 Å². The van der Waals surface area contributed by atoms with Gasteiger partial charge in [0.2, 0.25) is 5.91 Å². The molecule has 6 nitrogen and oxygen atoms in total. The van der Waals surface area contributed by atoms with Crippen molar-refractivity contribution in [1.29, 1.82) is 0 Å². The first-order chi connectivity index (χ1) is 11.6. The van der Waals surface area contributed by atoms with Crippen LogP contribution in [0.5, 0.6) is 5.75 Å². The average molecular weight is 333 g/mol. The van der Waals surface area contributed by atoms with Gasteiger partial charge in [-0.3, -0.25) is 9.59 Å². The van der Waals surface area contributed by atoms with Gasteiger partial charge in [-0.05, 0) is 62.0 Å². The van der Waals surface area contributed by atoms with Crippen LogP contribution in [-0.2, 0) is 9.59 Å². The minimum atomic E-state index is -0.182. The topological polar surface area (TPSA) is 79.5 Å². The fraction of sp³-hybridized carbons (Fsp3) is 0.556. The number of carbonyl (C=O) groups is 2. The molecule has 1 aromatic carbocycles. The smallest absolute Gasteiger partial charge is 0.257 e. The third kappa shape index (κ3) is 5.85. The number of amides is 2. The zero-order chi connectivity index (χ0) is 17.4. The van der Waals surface area contributed by atoms with Gasteiger partial charge < -0.3 is 20.7 Å². The number of likely N-dealkylation sites (N-methyl/N-ethyl adjacent to an activating group) is 1. The van der Waals surface area contributed by atoms with Gasteiger partial charge >= 0.3 is 0 Å². The van der Waals surface area contributed by atoms with Gasteiger partial charge in [0.25, 0.3) is 5.91 Å². The van der Waals surface area contributed by atoms with E-state index in [0.29, 0.717) is 24.0 Å². The van der Waals surface area contributed by atoms with E-state index in [9.17, 15) is 9.59 Å². The molecule has 0 bridgehead atoms. The van der Waals surface area contributed by atoms with Gasteiger partial charge in [-0.2, -0.15) is 0 Å². The maximum atomic E-state index is 12.2. The van der Waals surface area contributed by atoms with Crippen molar-refractivity contribution in [3.8, 4) is 5.75 Å². The first kappa shape index (κ1) is 18.3. The van der Waals surface area contributed by atoms with Crippen LogP contribution in [0.15, 0.2) is 24.3 Å². The second-order valence-corrected chi connectivity index (χ2v) is 6.32. The molecule has 6 heteroatoms. The summed E-state index contributed by atoms with van der Waals surface area (Å²) in [4.78, 5) is 23.3. The third-order valence-electron chi connectivity index (χ3n) is 4.43. The highest BCUT2D eigenvalue weighted by Crippen LogP contribution is 2.23. The lowest BCUT2D eigenvalue weighted by atomic mass is 9.85. The molecule has 1 aliphatic heterocycles. The molecule has 2 rings (SSSR count). The van der Waals surface area contributed by atoms with E-state index < -0.39 is 0 Å². The Hall–Kier alpha value is -2.08. The number of hydrogen-bond donors (Lipinski definition) is 3. The predicted molar refractivity (Wildman–Crippen MR) is 94.0 cm³/mol. The zero-order valence-electron chi connectivity index (χ0n) is 14.4. The van der Waals surface area contributed by atoms with Crippen LogP contribution in [0.25, 0.3) is 0 Å². The van der Waals surface area contributed by atoms with Crippen LogP contribution in [0.1, 0.15) is 26.2 Å². The van der Waals surface area contributed by atoms with Crippen LogP contribution < -0.4 is 20.7 Å². The maximum absolute atomic E-state index is 12.2. The Balaban J connectivity index is 1.77. The van der Waals surface area contributed by atoms with Gasteiger partial charge in [-0.1, -0.05) is 6.92 Å². The molecule has 2 unspecified atom stereocenters. The first-order valence-corrected chi connectivity index (χ1v) is 8.52. The molecule has 1 fully saturated rings. The van der Waals surface area contributed by atoms with Crippen molar-refractivity contribution in [2.45, 2.75) is 26.2 Å². The SMILES string of the molecule is CNC(=O)COc1ccc(NC(=O)CC(C)C2CCCNC2)cc1. The summed E-state index contributed by atoms with van der Waals surface area (Å²) in [7, 11) is 1.56. The van der Waals surface area contributed by atoms with Crippen molar-refractivity contribution in [2.75, 3.05) is 32.1 Å². The first-order valence-electron chi connectivity index (χ1n) is 8.52. The number of piperidine rings is 1. The average Bonchev–Trinajstić information content (AvgIpc) is 2.61. The predicted octanol–water partition coefficient (Wildman–Crippen LogP) is 1.78. The molecule has 1 aliphatic rings. The Labute approximate surface area is 143 Å². The van der Waals surface area contributed by atoms with Crippen molar-refractivity contribution >= 4 is 17.5 Å². The van der Waals surface area contributed by atoms with Gasteiger partial charge in [-0.25, -0.2) is 0 Å². The van der Waals surface area contributed by atoms with Gasteiger partial charge in [0.1, 0.15) is 5.75 Å². The quantitative estimate of drug-likeness (QED) is 0.710. The highest BCUT2D eigenvalue weighted by molar-refractivity contribution is 5.90. The standard InChI is InChI=1S/C18H27N3O3/c1-13(14-4-3-9-20-11-14)10-17(22)21-15-5-7-16(8-6-15)24-12-18(23)19-2/h5-8,13-14,20H,3-4,9-12H2,1-2H3,(H,19,23)(H,21,22). The summed E-state index contributed by atoms with van der Waals surface area (Å²) in [5.41, 5.74) is 0.737. The van der Waals surface area contributed by atoms with Crippen LogP contribution in [-0.4, -0.2) is 38.6 Å². The van der Waals surface area contributed by atoms with E-state index in [1.165, 1.54) is 12.8 Å². The highest BCUT2D eigenvalue weighted by atomic mass is 16.5.